The van der Waals surface area contributed by atoms with Crippen LogP contribution in [0.15, 0.2) is 60.8 Å². The minimum Gasteiger partial charge on any atom is -0.483 e. The summed E-state index contributed by atoms with van der Waals surface area (Å²) in [4.78, 5) is 63.0. The fourth-order valence-electron chi connectivity index (χ4n) is 3.91. The molecular weight excluding hydrogens is 735 g/mol. The number of hydrogen-bond acceptors (Lipinski definition) is 9. The Morgan fingerprint density at radius 3 is 2.09 bits per heavy atom. The van der Waals surface area contributed by atoms with Crippen LogP contribution in [0.1, 0.15) is 87.4 Å². The number of hydrazine groups is 1. The summed E-state index contributed by atoms with van der Waals surface area (Å²) >= 11 is 11.1. The van der Waals surface area contributed by atoms with Crippen LogP contribution in [0.3, 0.4) is 0 Å². The molecule has 0 spiro atoms. The number of aldehydes is 1. The first kappa shape index (κ1) is 50.7. The number of carboxylic acid groups (broad SMARTS) is 2. The molecule has 0 fully saturated rings. The highest BCUT2D eigenvalue weighted by Gasteiger charge is 2.12. The van der Waals surface area contributed by atoms with Gasteiger partial charge in [-0.3, -0.25) is 24.0 Å². The molecule has 0 saturated heterocycles. The SMILES string of the molecule is CC.CC.CCCCCNC=O.CNNCl.Cc1ccc(C#Cc2ccc(-c3cc(C=O)c4cnc(NC(=O)CC(=O)O)cc4n3)cc2)c(Cl)c1.O=CO. The van der Waals surface area contributed by atoms with Crippen LogP contribution in [0.25, 0.3) is 22.2 Å². The van der Waals surface area contributed by atoms with E-state index in [4.69, 9.17) is 38.4 Å². The van der Waals surface area contributed by atoms with Gasteiger partial charge in [-0.2, -0.15) is 4.94 Å². The summed E-state index contributed by atoms with van der Waals surface area (Å²) in [5.41, 5.74) is 7.18. The van der Waals surface area contributed by atoms with Crippen molar-refractivity contribution in [2.45, 2.75) is 67.2 Å². The van der Waals surface area contributed by atoms with Crippen LogP contribution < -0.4 is 21.0 Å². The quantitative estimate of drug-likeness (QED) is 0.0221. The predicted molar refractivity (Wildman–Crippen MR) is 216 cm³/mol. The number of carbonyl (C=O) groups is 5. The van der Waals surface area contributed by atoms with Crippen molar-refractivity contribution in [2.75, 3.05) is 18.9 Å². The van der Waals surface area contributed by atoms with Gasteiger partial charge in [-0.15, -0.1) is 0 Å². The highest BCUT2D eigenvalue weighted by Crippen LogP contribution is 2.25. The molecule has 13 nitrogen and oxygen atoms in total. The standard InChI is InChI=1S/C27H18ClN3O4.C6H13NO.2C2H6.CH5ClN2.CH2O2/c1-16-2-6-18(22(28)10-16)7-3-17-4-8-19(9-5-17)23-11-20(15-32)21-14-29-25(12-24(21)30-23)31-26(33)13-27(34)35;1-2-3-4-5-7-6-8;2*1-2;1-3-4-2;2-1-3/h2,4-6,8-12,14-15H,13H2,1H3,(H,34,35)(H,29,31,33);6H,2-5H2,1H3,(H,7,8);2*1-2H3;3-4H,1H3;1H,(H,2,3). The molecule has 0 aliphatic carbocycles. The zero-order chi connectivity index (χ0) is 41.3. The zero-order valence-electron chi connectivity index (χ0n) is 31.6. The topological polar surface area (TPSA) is 200 Å². The van der Waals surface area contributed by atoms with Crippen LogP contribution in [-0.4, -0.2) is 64.8 Å². The molecular formula is C39H50Cl2N6O7. The molecule has 54 heavy (non-hydrogen) atoms. The van der Waals surface area contributed by atoms with E-state index in [0.29, 0.717) is 33.5 Å². The predicted octanol–water partition coefficient (Wildman–Crippen LogP) is 7.42. The zero-order valence-corrected chi connectivity index (χ0v) is 33.1. The number of unbranched alkanes of at least 4 members (excludes halogenated alkanes) is 2. The Kier molecular flexibility index (Phi) is 30.3. The summed E-state index contributed by atoms with van der Waals surface area (Å²) in [6.45, 7) is 12.7. The maximum absolute atomic E-state index is 11.8. The Morgan fingerprint density at radius 2 is 1.57 bits per heavy atom. The number of carboxylic acids is 1. The van der Waals surface area contributed by atoms with Gasteiger partial charge in [-0.05, 0) is 68.1 Å². The molecule has 0 aliphatic heterocycles. The smallest absolute Gasteiger partial charge is 0.312 e. The number of hydrogen-bond donors (Lipinski definition) is 6. The molecule has 2 heterocycles. The van der Waals surface area contributed by atoms with Crippen molar-refractivity contribution in [3.05, 3.63) is 88.1 Å². The van der Waals surface area contributed by atoms with E-state index in [1.54, 1.807) is 13.1 Å². The number of benzene rings is 2. The van der Waals surface area contributed by atoms with Gasteiger partial charge >= 0.3 is 5.97 Å². The molecule has 0 radical (unpaired) electrons. The highest BCUT2D eigenvalue weighted by molar-refractivity contribution is 6.31. The third-order valence-electron chi connectivity index (χ3n) is 6.18. The summed E-state index contributed by atoms with van der Waals surface area (Å²) in [6.07, 6.45) is 5.72. The molecule has 4 aromatic rings. The van der Waals surface area contributed by atoms with Gasteiger partial charge < -0.3 is 20.8 Å². The van der Waals surface area contributed by atoms with E-state index in [0.717, 1.165) is 41.6 Å². The molecule has 2 aromatic heterocycles. The number of fused-ring (bicyclic) bond motifs is 1. The lowest BCUT2D eigenvalue weighted by Gasteiger charge is -2.08. The Balaban J connectivity index is 0. The van der Waals surface area contributed by atoms with Crippen LogP contribution in [0, 0.1) is 18.8 Å². The summed E-state index contributed by atoms with van der Waals surface area (Å²) in [7, 11) is 1.69. The second-order valence-corrected chi connectivity index (χ2v) is 10.6. The van der Waals surface area contributed by atoms with Crippen molar-refractivity contribution in [1.29, 1.82) is 0 Å². The summed E-state index contributed by atoms with van der Waals surface area (Å²) in [5, 5.41) is 21.8. The maximum Gasteiger partial charge on any atom is 0.312 e. The molecule has 2 aromatic carbocycles. The van der Waals surface area contributed by atoms with E-state index >= 15 is 0 Å². The molecule has 2 amide bonds. The minimum atomic E-state index is -1.25. The fraction of sp³-hybridized carbons (Fsp3) is 0.308. The molecule has 292 valence electrons. The third kappa shape index (κ3) is 21.2. The average Bonchev–Trinajstić information content (AvgIpc) is 3.18. The Morgan fingerprint density at radius 1 is 0.944 bits per heavy atom. The monoisotopic (exact) mass is 784 g/mol. The van der Waals surface area contributed by atoms with Crippen molar-refractivity contribution in [2.24, 2.45) is 0 Å². The largest absolute Gasteiger partial charge is 0.483 e. The van der Waals surface area contributed by atoms with Gasteiger partial charge in [0, 0.05) is 46.4 Å². The van der Waals surface area contributed by atoms with Crippen LogP contribution in [0.2, 0.25) is 5.02 Å². The molecule has 0 bridgehead atoms. The van der Waals surface area contributed by atoms with Gasteiger partial charge in [0.2, 0.25) is 12.3 Å². The second-order valence-electron chi connectivity index (χ2n) is 9.96. The van der Waals surface area contributed by atoms with E-state index < -0.39 is 18.3 Å². The van der Waals surface area contributed by atoms with E-state index in [9.17, 15) is 19.2 Å². The number of carbonyl (C=O) groups excluding carboxylic acids is 3. The molecule has 6 N–H and O–H groups in total. The minimum absolute atomic E-state index is 0.144. The number of aromatic nitrogens is 2. The number of nitrogens with zero attached hydrogens (tertiary/aromatic N) is 2. The van der Waals surface area contributed by atoms with Gasteiger partial charge in [0.25, 0.3) is 6.47 Å². The van der Waals surface area contributed by atoms with E-state index in [1.165, 1.54) is 25.1 Å². The number of aryl methyl sites for hydroxylation is 1. The first-order chi connectivity index (χ1) is 26.1. The second kappa shape index (κ2) is 32.3. The third-order valence-corrected chi connectivity index (χ3v) is 6.68. The number of amides is 2. The molecule has 15 heteroatoms. The van der Waals surface area contributed by atoms with Gasteiger partial charge in [0.15, 0.2) is 6.29 Å². The Hall–Kier alpha value is -5.39. The fourth-order valence-corrected chi connectivity index (χ4v) is 4.19. The van der Waals surface area contributed by atoms with Gasteiger partial charge in [-0.25, -0.2) is 15.4 Å². The van der Waals surface area contributed by atoms with Crippen molar-refractivity contribution in [3.63, 3.8) is 0 Å². The van der Waals surface area contributed by atoms with Crippen molar-refractivity contribution < 1.29 is 34.2 Å². The molecule has 0 aliphatic rings. The molecule has 4 rings (SSSR count). The summed E-state index contributed by atoms with van der Waals surface area (Å²) in [6, 6.07) is 16.2. The van der Waals surface area contributed by atoms with Crippen LogP contribution in [-0.2, 0) is 19.2 Å². The number of rotatable bonds is 11. The highest BCUT2D eigenvalue weighted by atomic mass is 35.5. The molecule has 0 saturated carbocycles. The number of anilines is 1. The van der Waals surface area contributed by atoms with Gasteiger partial charge in [0.05, 0.1) is 16.2 Å². The summed E-state index contributed by atoms with van der Waals surface area (Å²) in [5.74, 6) is 4.35. The van der Waals surface area contributed by atoms with Gasteiger partial charge in [-0.1, -0.05) is 89.1 Å². The number of pyridine rings is 2. The van der Waals surface area contributed by atoms with E-state index in [-0.39, 0.29) is 12.3 Å². The number of halogens is 2. The lowest BCUT2D eigenvalue weighted by molar-refractivity contribution is -0.139. The van der Waals surface area contributed by atoms with Gasteiger partial charge in [0.1, 0.15) is 12.2 Å². The average molecular weight is 786 g/mol. The van der Waals surface area contributed by atoms with E-state index in [2.05, 4.69) is 49.7 Å². The van der Waals surface area contributed by atoms with Crippen LogP contribution >= 0.6 is 23.4 Å². The van der Waals surface area contributed by atoms with Crippen molar-refractivity contribution in [3.8, 4) is 23.1 Å². The lowest BCUT2D eigenvalue weighted by Crippen LogP contribution is -2.16. The number of aliphatic carboxylic acids is 1. The maximum atomic E-state index is 11.8. The van der Waals surface area contributed by atoms with Crippen LogP contribution in [0.5, 0.6) is 0 Å². The lowest BCUT2D eigenvalue weighted by atomic mass is 10.0. The number of nitrogens with one attached hydrogen (secondary N) is 4. The Bertz CT molecular complexity index is 1780. The van der Waals surface area contributed by atoms with Crippen molar-refractivity contribution >= 4 is 71.1 Å². The Labute approximate surface area is 327 Å². The first-order valence-electron chi connectivity index (χ1n) is 17.0. The van der Waals surface area contributed by atoms with Crippen LogP contribution in [0.4, 0.5) is 5.82 Å². The van der Waals surface area contributed by atoms with Crippen molar-refractivity contribution in [1.82, 2.24) is 25.7 Å². The normalized spacial score (nSPS) is 8.98. The molecule has 0 unspecified atom stereocenters. The molecule has 0 atom stereocenters. The summed E-state index contributed by atoms with van der Waals surface area (Å²) < 4.78 is 0. The van der Waals surface area contributed by atoms with E-state index in [1.807, 2.05) is 77.1 Å². The first-order valence-corrected chi connectivity index (χ1v) is 17.8.